The van der Waals surface area contributed by atoms with E-state index >= 15 is 0 Å². The molecule has 0 bridgehead atoms. The van der Waals surface area contributed by atoms with Crippen LogP contribution in [0.3, 0.4) is 0 Å². The van der Waals surface area contributed by atoms with Gasteiger partial charge < -0.3 is 5.11 Å². The number of hydrogen-bond acceptors (Lipinski definition) is 1. The molecule has 1 heteroatoms. The Balaban J connectivity index is 1.99. The highest BCUT2D eigenvalue weighted by Crippen LogP contribution is 2.38. The van der Waals surface area contributed by atoms with Crippen LogP contribution in [0.15, 0.2) is 42.7 Å². The fourth-order valence-corrected chi connectivity index (χ4v) is 2.84. The van der Waals surface area contributed by atoms with E-state index in [9.17, 15) is 5.11 Å². The molecule has 2 atom stereocenters. The minimum Gasteiger partial charge on any atom is -0.513 e. The van der Waals surface area contributed by atoms with Crippen molar-refractivity contribution < 1.29 is 5.11 Å². The first-order chi connectivity index (χ1) is 7.75. The van der Waals surface area contributed by atoms with Crippen molar-refractivity contribution in [2.24, 2.45) is 5.92 Å². The standard InChI is InChI=1S/C15H20O/c1-12(16)10-13-6-5-9-15(11-13)14-7-3-2-4-8-14/h2-4,7-8,13,15-16H,1,5-6,9-11H2. The summed E-state index contributed by atoms with van der Waals surface area (Å²) in [5.41, 5.74) is 1.45. The maximum Gasteiger partial charge on any atom is 0.0853 e. The zero-order valence-electron chi connectivity index (χ0n) is 9.73. The summed E-state index contributed by atoms with van der Waals surface area (Å²) >= 11 is 0. The summed E-state index contributed by atoms with van der Waals surface area (Å²) < 4.78 is 0. The lowest BCUT2D eigenvalue weighted by Gasteiger charge is -2.29. The van der Waals surface area contributed by atoms with E-state index in [-0.39, 0.29) is 0 Å². The third-order valence-corrected chi connectivity index (χ3v) is 3.58. The van der Waals surface area contributed by atoms with Crippen LogP contribution in [0.1, 0.15) is 43.6 Å². The lowest BCUT2D eigenvalue weighted by molar-refractivity contribution is 0.278. The number of aliphatic hydroxyl groups is 1. The Morgan fingerprint density at radius 1 is 1.25 bits per heavy atom. The number of allylic oxidation sites excluding steroid dienone is 1. The Labute approximate surface area is 97.8 Å². The third kappa shape index (κ3) is 2.88. The molecule has 0 heterocycles. The van der Waals surface area contributed by atoms with Crippen LogP contribution in [0.25, 0.3) is 0 Å². The van der Waals surface area contributed by atoms with Crippen LogP contribution in [0, 0.1) is 5.92 Å². The van der Waals surface area contributed by atoms with E-state index in [2.05, 4.69) is 36.9 Å². The lowest BCUT2D eigenvalue weighted by atomic mass is 9.76. The van der Waals surface area contributed by atoms with Gasteiger partial charge in [0.25, 0.3) is 0 Å². The summed E-state index contributed by atoms with van der Waals surface area (Å²) in [5.74, 6) is 1.65. The van der Waals surface area contributed by atoms with Crippen molar-refractivity contribution in [2.45, 2.75) is 38.0 Å². The van der Waals surface area contributed by atoms with Crippen molar-refractivity contribution >= 4 is 0 Å². The minimum absolute atomic E-state index is 0.346. The lowest BCUT2D eigenvalue weighted by Crippen LogP contribution is -2.14. The average molecular weight is 216 g/mol. The fourth-order valence-electron chi connectivity index (χ4n) is 2.84. The van der Waals surface area contributed by atoms with Gasteiger partial charge in [-0.15, -0.1) is 0 Å². The second kappa shape index (κ2) is 5.20. The van der Waals surface area contributed by atoms with Crippen LogP contribution in [-0.2, 0) is 0 Å². The molecule has 1 fully saturated rings. The number of rotatable bonds is 3. The highest BCUT2D eigenvalue weighted by atomic mass is 16.3. The van der Waals surface area contributed by atoms with Gasteiger partial charge in [0.05, 0.1) is 5.76 Å². The van der Waals surface area contributed by atoms with Crippen molar-refractivity contribution in [3.8, 4) is 0 Å². The first-order valence-electron chi connectivity index (χ1n) is 6.17. The van der Waals surface area contributed by atoms with Crippen LogP contribution in [0.4, 0.5) is 0 Å². The molecule has 1 N–H and O–H groups in total. The molecular weight excluding hydrogens is 196 g/mol. The minimum atomic E-state index is 0.346. The van der Waals surface area contributed by atoms with Gasteiger partial charge in [-0.25, -0.2) is 0 Å². The van der Waals surface area contributed by atoms with Gasteiger partial charge in [-0.3, -0.25) is 0 Å². The van der Waals surface area contributed by atoms with Gasteiger partial charge >= 0.3 is 0 Å². The summed E-state index contributed by atoms with van der Waals surface area (Å²) in [4.78, 5) is 0. The van der Waals surface area contributed by atoms with E-state index < -0.39 is 0 Å². The first kappa shape index (κ1) is 11.3. The molecule has 0 radical (unpaired) electrons. The van der Waals surface area contributed by atoms with Crippen LogP contribution in [-0.4, -0.2) is 5.11 Å². The molecule has 2 rings (SSSR count). The third-order valence-electron chi connectivity index (χ3n) is 3.58. The highest BCUT2D eigenvalue weighted by Gasteiger charge is 2.23. The first-order valence-corrected chi connectivity index (χ1v) is 6.17. The van der Waals surface area contributed by atoms with E-state index in [1.54, 1.807) is 0 Å². The van der Waals surface area contributed by atoms with Crippen molar-refractivity contribution in [1.29, 1.82) is 0 Å². The van der Waals surface area contributed by atoms with Crippen LogP contribution in [0.5, 0.6) is 0 Å². The molecule has 16 heavy (non-hydrogen) atoms. The van der Waals surface area contributed by atoms with Gasteiger partial charge in [0.1, 0.15) is 0 Å². The molecule has 0 saturated heterocycles. The highest BCUT2D eigenvalue weighted by molar-refractivity contribution is 5.20. The van der Waals surface area contributed by atoms with Crippen molar-refractivity contribution in [1.82, 2.24) is 0 Å². The Hall–Kier alpha value is -1.24. The maximum atomic E-state index is 9.27. The Morgan fingerprint density at radius 3 is 2.69 bits per heavy atom. The Bertz CT molecular complexity index is 342. The van der Waals surface area contributed by atoms with Gasteiger partial charge in [-0.1, -0.05) is 43.3 Å². The SMILES string of the molecule is C=C(O)CC1CCCC(c2ccccc2)C1. The van der Waals surface area contributed by atoms with E-state index in [1.807, 2.05) is 0 Å². The molecule has 0 aromatic heterocycles. The van der Waals surface area contributed by atoms with Gasteiger partial charge in [-0.05, 0) is 36.7 Å². The van der Waals surface area contributed by atoms with Gasteiger partial charge in [0.2, 0.25) is 0 Å². The zero-order chi connectivity index (χ0) is 11.4. The molecular formula is C15H20O. The van der Waals surface area contributed by atoms with Crippen molar-refractivity contribution in [3.63, 3.8) is 0 Å². The van der Waals surface area contributed by atoms with Gasteiger partial charge in [0.15, 0.2) is 0 Å². The van der Waals surface area contributed by atoms with E-state index in [1.165, 1.54) is 31.2 Å². The predicted octanol–water partition coefficient (Wildman–Crippen LogP) is 4.42. The van der Waals surface area contributed by atoms with Gasteiger partial charge in [0, 0.05) is 6.42 Å². The summed E-state index contributed by atoms with van der Waals surface area (Å²) in [7, 11) is 0. The Morgan fingerprint density at radius 2 is 2.00 bits per heavy atom. The van der Waals surface area contributed by atoms with Crippen molar-refractivity contribution in [3.05, 3.63) is 48.2 Å². The molecule has 1 aliphatic rings. The second-order valence-corrected chi connectivity index (χ2v) is 4.91. The molecule has 1 aromatic carbocycles. The predicted molar refractivity (Wildman–Crippen MR) is 67.5 cm³/mol. The van der Waals surface area contributed by atoms with E-state index in [4.69, 9.17) is 0 Å². The second-order valence-electron chi connectivity index (χ2n) is 4.91. The Kier molecular flexibility index (Phi) is 3.66. The molecule has 1 aromatic rings. The van der Waals surface area contributed by atoms with Crippen LogP contribution >= 0.6 is 0 Å². The number of benzene rings is 1. The molecule has 0 spiro atoms. The number of aliphatic hydroxyl groups excluding tert-OH is 1. The van der Waals surface area contributed by atoms with Gasteiger partial charge in [-0.2, -0.15) is 0 Å². The van der Waals surface area contributed by atoms with E-state index in [0.717, 1.165) is 6.42 Å². The summed E-state index contributed by atoms with van der Waals surface area (Å²) in [6.45, 7) is 3.60. The molecule has 86 valence electrons. The molecule has 0 aliphatic heterocycles. The summed E-state index contributed by atoms with van der Waals surface area (Å²) in [5, 5.41) is 9.27. The summed E-state index contributed by atoms with van der Waals surface area (Å²) in [6.07, 6.45) is 5.78. The van der Waals surface area contributed by atoms with Crippen LogP contribution in [0.2, 0.25) is 0 Å². The molecule has 2 unspecified atom stereocenters. The normalized spacial score (nSPS) is 25.2. The molecule has 1 nitrogen and oxygen atoms in total. The van der Waals surface area contributed by atoms with Crippen LogP contribution < -0.4 is 0 Å². The molecule has 1 saturated carbocycles. The monoisotopic (exact) mass is 216 g/mol. The van der Waals surface area contributed by atoms with Crippen molar-refractivity contribution in [2.75, 3.05) is 0 Å². The molecule has 1 aliphatic carbocycles. The fraction of sp³-hybridized carbons (Fsp3) is 0.467. The molecule has 0 amide bonds. The maximum absolute atomic E-state index is 9.27. The largest absolute Gasteiger partial charge is 0.513 e. The topological polar surface area (TPSA) is 20.2 Å². The number of hydrogen-bond donors (Lipinski definition) is 1. The van der Waals surface area contributed by atoms with E-state index in [0.29, 0.717) is 17.6 Å². The average Bonchev–Trinajstić information content (AvgIpc) is 2.30. The smallest absolute Gasteiger partial charge is 0.0853 e. The summed E-state index contributed by atoms with van der Waals surface area (Å²) in [6, 6.07) is 10.7. The quantitative estimate of drug-likeness (QED) is 0.741. The zero-order valence-corrected chi connectivity index (χ0v) is 9.73.